The highest BCUT2D eigenvalue weighted by molar-refractivity contribution is 5.51. The normalized spacial score (nSPS) is 18.0. The van der Waals surface area contributed by atoms with Crippen molar-refractivity contribution in [2.24, 2.45) is 0 Å². The highest BCUT2D eigenvalue weighted by Crippen LogP contribution is 2.40. The first-order valence-electron chi connectivity index (χ1n) is 10.8. The summed E-state index contributed by atoms with van der Waals surface area (Å²) in [5.74, 6) is 3.40. The highest BCUT2D eigenvalue weighted by atomic mass is 16.6. The van der Waals surface area contributed by atoms with Gasteiger partial charge < -0.3 is 29.0 Å². The van der Waals surface area contributed by atoms with Crippen LogP contribution < -0.4 is 29.0 Å². The van der Waals surface area contributed by atoms with Crippen LogP contribution in [0, 0.1) is 0 Å². The molecule has 0 fully saturated rings. The van der Waals surface area contributed by atoms with Crippen LogP contribution >= 0.6 is 0 Å². The molecule has 0 amide bonds. The zero-order valence-corrected chi connectivity index (χ0v) is 18.6. The summed E-state index contributed by atoms with van der Waals surface area (Å²) in [6.07, 6.45) is -0.420. The number of para-hydroxylation sites is 3. The number of methoxy groups -OCH3 is 2. The van der Waals surface area contributed by atoms with Gasteiger partial charge in [0.2, 0.25) is 5.75 Å². The molecule has 0 spiro atoms. The summed E-state index contributed by atoms with van der Waals surface area (Å²) < 4.78 is 29.5. The summed E-state index contributed by atoms with van der Waals surface area (Å²) in [4.78, 5) is 0. The number of fused-ring (bicyclic) bond motifs is 1. The van der Waals surface area contributed by atoms with Gasteiger partial charge in [-0.15, -0.1) is 0 Å². The van der Waals surface area contributed by atoms with E-state index in [9.17, 15) is 0 Å². The van der Waals surface area contributed by atoms with E-state index in [4.69, 9.17) is 23.7 Å². The Kier molecular flexibility index (Phi) is 7.02. The number of rotatable bonds is 9. The molecule has 3 atom stereocenters. The molecule has 0 aromatic heterocycles. The number of nitrogens with one attached hydrogen (secondary N) is 1. The molecule has 4 rings (SSSR count). The summed E-state index contributed by atoms with van der Waals surface area (Å²) in [7, 11) is 3.23. The minimum absolute atomic E-state index is 0.0109. The summed E-state index contributed by atoms with van der Waals surface area (Å²) in [5, 5.41) is 3.52. The van der Waals surface area contributed by atoms with Crippen LogP contribution in [0.25, 0.3) is 0 Å². The summed E-state index contributed by atoms with van der Waals surface area (Å²) in [6.45, 7) is 3.16. The molecular formula is C26H29NO5. The van der Waals surface area contributed by atoms with E-state index in [0.717, 1.165) is 17.1 Å². The van der Waals surface area contributed by atoms with Crippen LogP contribution in [0.3, 0.4) is 0 Å². The Morgan fingerprint density at radius 2 is 1.44 bits per heavy atom. The monoisotopic (exact) mass is 435 g/mol. The lowest BCUT2D eigenvalue weighted by Gasteiger charge is -2.37. The molecule has 1 unspecified atom stereocenters. The molecule has 0 saturated heterocycles. The first kappa shape index (κ1) is 21.8. The summed E-state index contributed by atoms with van der Waals surface area (Å²) in [6, 6.07) is 23.5. The van der Waals surface area contributed by atoms with Gasteiger partial charge in [-0.3, -0.25) is 0 Å². The van der Waals surface area contributed by atoms with Crippen molar-refractivity contribution >= 4 is 0 Å². The van der Waals surface area contributed by atoms with Gasteiger partial charge in [0.25, 0.3) is 0 Å². The zero-order valence-electron chi connectivity index (χ0n) is 18.6. The number of ether oxygens (including phenoxy) is 5. The van der Waals surface area contributed by atoms with E-state index >= 15 is 0 Å². The van der Waals surface area contributed by atoms with E-state index in [2.05, 4.69) is 24.4 Å². The maximum absolute atomic E-state index is 6.38. The molecule has 3 aromatic carbocycles. The van der Waals surface area contributed by atoms with Gasteiger partial charge in [-0.25, -0.2) is 0 Å². The van der Waals surface area contributed by atoms with E-state index in [1.165, 1.54) is 0 Å². The lowest BCUT2D eigenvalue weighted by atomic mass is 9.98. The lowest BCUT2D eigenvalue weighted by Crippen LogP contribution is -2.48. The first-order chi connectivity index (χ1) is 15.7. The molecule has 6 nitrogen and oxygen atoms in total. The van der Waals surface area contributed by atoms with Gasteiger partial charge in [0.15, 0.2) is 35.2 Å². The van der Waals surface area contributed by atoms with Gasteiger partial charge in [0.05, 0.1) is 14.2 Å². The minimum Gasteiger partial charge on any atom is -0.493 e. The van der Waals surface area contributed by atoms with E-state index in [1.54, 1.807) is 14.2 Å². The van der Waals surface area contributed by atoms with Crippen molar-refractivity contribution in [3.8, 4) is 28.7 Å². The highest BCUT2D eigenvalue weighted by Gasteiger charge is 2.36. The predicted molar refractivity (Wildman–Crippen MR) is 123 cm³/mol. The zero-order chi connectivity index (χ0) is 22.3. The Balaban J connectivity index is 1.42. The number of hydrogen-bond donors (Lipinski definition) is 1. The van der Waals surface area contributed by atoms with Gasteiger partial charge in [0, 0.05) is 12.6 Å². The van der Waals surface area contributed by atoms with Crippen molar-refractivity contribution in [3.05, 3.63) is 78.4 Å². The molecule has 32 heavy (non-hydrogen) atoms. The predicted octanol–water partition coefficient (Wildman–Crippen LogP) is 4.64. The second-order valence-electron chi connectivity index (χ2n) is 7.56. The largest absolute Gasteiger partial charge is 0.493 e. The molecule has 1 N–H and O–H groups in total. The molecule has 0 aliphatic carbocycles. The van der Waals surface area contributed by atoms with E-state index in [-0.39, 0.29) is 18.2 Å². The second-order valence-corrected chi connectivity index (χ2v) is 7.56. The van der Waals surface area contributed by atoms with Crippen LogP contribution in [0.4, 0.5) is 0 Å². The van der Waals surface area contributed by atoms with E-state index < -0.39 is 0 Å². The molecule has 168 valence electrons. The third-order valence-electron chi connectivity index (χ3n) is 5.48. The average Bonchev–Trinajstić information content (AvgIpc) is 2.86. The molecule has 1 aliphatic heterocycles. The third-order valence-corrected chi connectivity index (χ3v) is 5.48. The second kappa shape index (κ2) is 10.3. The smallest absolute Gasteiger partial charge is 0.203 e. The maximum Gasteiger partial charge on any atom is 0.203 e. The Morgan fingerprint density at radius 3 is 2.09 bits per heavy atom. The van der Waals surface area contributed by atoms with Crippen LogP contribution in [-0.4, -0.2) is 39.5 Å². The van der Waals surface area contributed by atoms with Crippen molar-refractivity contribution in [2.75, 3.05) is 27.4 Å². The molecule has 3 aromatic rings. The fourth-order valence-electron chi connectivity index (χ4n) is 3.84. The standard InChI is InChI=1S/C26H29NO5/c1-18(27-16-17-30-26-22(28-2)14-9-15-23(26)29-3)24-25(19-10-5-4-6-11-19)32-21-13-8-7-12-20(21)31-24/h4-15,18,24-25,27H,16-17H2,1-3H3/t18?,24-,25+/m0/s1. The van der Waals surface area contributed by atoms with Gasteiger partial charge in [0.1, 0.15) is 6.61 Å². The quantitative estimate of drug-likeness (QED) is 0.494. The lowest BCUT2D eigenvalue weighted by molar-refractivity contribution is 0.000390. The molecule has 0 saturated carbocycles. The van der Waals surface area contributed by atoms with Gasteiger partial charge in [-0.2, -0.15) is 0 Å². The van der Waals surface area contributed by atoms with Crippen LogP contribution in [0.1, 0.15) is 18.6 Å². The van der Waals surface area contributed by atoms with Crippen LogP contribution in [0.5, 0.6) is 28.7 Å². The van der Waals surface area contributed by atoms with Crippen LogP contribution in [0.2, 0.25) is 0 Å². The van der Waals surface area contributed by atoms with Crippen molar-refractivity contribution in [2.45, 2.75) is 25.2 Å². The SMILES string of the molecule is COc1cccc(OC)c1OCCNC(C)[C@@H]1Oc2ccccc2O[C@@H]1c1ccccc1. The number of benzene rings is 3. The molecule has 1 heterocycles. The minimum atomic E-state index is -0.219. The number of hydrogen-bond acceptors (Lipinski definition) is 6. The van der Waals surface area contributed by atoms with Crippen molar-refractivity contribution in [1.29, 1.82) is 0 Å². The van der Waals surface area contributed by atoms with Crippen LogP contribution in [0.15, 0.2) is 72.8 Å². The van der Waals surface area contributed by atoms with Crippen molar-refractivity contribution in [3.63, 3.8) is 0 Å². The Labute approximate surface area is 189 Å². The van der Waals surface area contributed by atoms with Crippen molar-refractivity contribution < 1.29 is 23.7 Å². The van der Waals surface area contributed by atoms with Gasteiger partial charge in [-0.1, -0.05) is 48.5 Å². The Morgan fingerprint density at radius 1 is 0.812 bits per heavy atom. The van der Waals surface area contributed by atoms with Gasteiger partial charge in [-0.05, 0) is 36.8 Å². The summed E-state index contributed by atoms with van der Waals surface area (Å²) >= 11 is 0. The third kappa shape index (κ3) is 4.75. The Bertz CT molecular complexity index is 988. The van der Waals surface area contributed by atoms with Gasteiger partial charge >= 0.3 is 0 Å². The van der Waals surface area contributed by atoms with Crippen LogP contribution in [-0.2, 0) is 0 Å². The molecule has 0 bridgehead atoms. The van der Waals surface area contributed by atoms with E-state index in [0.29, 0.717) is 30.4 Å². The maximum atomic E-state index is 6.38. The first-order valence-corrected chi connectivity index (χ1v) is 10.8. The fourth-order valence-corrected chi connectivity index (χ4v) is 3.84. The summed E-state index contributed by atoms with van der Waals surface area (Å²) in [5.41, 5.74) is 1.08. The topological polar surface area (TPSA) is 58.2 Å². The van der Waals surface area contributed by atoms with E-state index in [1.807, 2.05) is 60.7 Å². The average molecular weight is 436 g/mol. The Hall–Kier alpha value is -3.38. The molecular weight excluding hydrogens is 406 g/mol. The molecule has 0 radical (unpaired) electrons. The molecule has 6 heteroatoms. The fraction of sp³-hybridized carbons (Fsp3) is 0.308. The molecule has 1 aliphatic rings. The van der Waals surface area contributed by atoms with Crippen molar-refractivity contribution in [1.82, 2.24) is 5.32 Å².